The first-order chi connectivity index (χ1) is 9.61. The maximum Gasteiger partial charge on any atom is 0.242 e. The third-order valence-electron chi connectivity index (χ3n) is 2.52. The zero-order valence-electron chi connectivity index (χ0n) is 11.6. The van der Waals surface area contributed by atoms with Crippen molar-refractivity contribution in [3.63, 3.8) is 0 Å². The van der Waals surface area contributed by atoms with Crippen LogP contribution in [0.3, 0.4) is 0 Å². The Bertz CT molecular complexity index is 491. The first-order valence-electron chi connectivity index (χ1n) is 6.63. The molecule has 0 saturated carbocycles. The molecule has 0 fully saturated rings. The van der Waals surface area contributed by atoms with Crippen LogP contribution in [0, 0.1) is 0 Å². The topological polar surface area (TPSA) is 87.7 Å². The van der Waals surface area contributed by atoms with Crippen LogP contribution in [0.4, 0.5) is 5.69 Å². The summed E-state index contributed by atoms with van der Waals surface area (Å²) in [5, 5.41) is 11.6. The smallest absolute Gasteiger partial charge is 0.242 e. The van der Waals surface area contributed by atoms with Gasteiger partial charge in [0.15, 0.2) is 0 Å². The molecule has 0 aromatic heterocycles. The van der Waals surface area contributed by atoms with E-state index in [1.807, 2.05) is 6.92 Å². The first kappa shape index (κ1) is 16.9. The van der Waals surface area contributed by atoms with Crippen molar-refractivity contribution in [3.8, 4) is 0 Å². The molecule has 3 N–H and O–H groups in total. The van der Waals surface area contributed by atoms with Gasteiger partial charge in [0, 0.05) is 13.1 Å². The van der Waals surface area contributed by atoms with Gasteiger partial charge in [-0.3, -0.25) is 0 Å². The zero-order valence-corrected chi connectivity index (χ0v) is 12.4. The molecule has 0 atom stereocenters. The maximum atomic E-state index is 12.1. The predicted octanol–water partition coefficient (Wildman–Crippen LogP) is 0.796. The summed E-state index contributed by atoms with van der Waals surface area (Å²) in [5.74, 6) is 0. The average Bonchev–Trinajstić information content (AvgIpc) is 2.45. The van der Waals surface area contributed by atoms with Gasteiger partial charge in [-0.2, -0.15) is 0 Å². The van der Waals surface area contributed by atoms with Crippen LogP contribution in [-0.4, -0.2) is 46.4 Å². The summed E-state index contributed by atoms with van der Waals surface area (Å²) in [7, 11) is -3.49. The minimum atomic E-state index is -3.49. The first-order valence-corrected chi connectivity index (χ1v) is 8.11. The quantitative estimate of drug-likeness (QED) is 0.556. The van der Waals surface area contributed by atoms with E-state index in [0.717, 1.165) is 6.42 Å². The SMILES string of the molecule is CCCNS(=O)(=O)c1ccccc1NCCOCCO. The fraction of sp³-hybridized carbons (Fsp3) is 0.538. The number of hydrogen-bond donors (Lipinski definition) is 3. The van der Waals surface area contributed by atoms with Crippen LogP contribution >= 0.6 is 0 Å². The third kappa shape index (κ3) is 5.46. The molecule has 0 bridgehead atoms. The van der Waals surface area contributed by atoms with Crippen LogP contribution in [0.15, 0.2) is 29.2 Å². The Kier molecular flexibility index (Phi) is 7.53. The molecular weight excluding hydrogens is 280 g/mol. The number of sulfonamides is 1. The highest BCUT2D eigenvalue weighted by Crippen LogP contribution is 2.20. The molecule has 0 saturated heterocycles. The number of benzene rings is 1. The van der Waals surface area contributed by atoms with E-state index in [1.54, 1.807) is 24.3 Å². The standard InChI is InChI=1S/C13H22N2O4S/c1-2-7-15-20(17,18)13-6-4-3-5-12(13)14-8-10-19-11-9-16/h3-6,14-16H,2,7-11H2,1H3. The van der Waals surface area contributed by atoms with Crippen LogP contribution in [0.5, 0.6) is 0 Å². The molecular formula is C13H22N2O4S. The number of aliphatic hydroxyl groups excluding tert-OH is 1. The number of anilines is 1. The number of nitrogens with one attached hydrogen (secondary N) is 2. The van der Waals surface area contributed by atoms with Gasteiger partial charge in [-0.15, -0.1) is 0 Å². The van der Waals surface area contributed by atoms with Gasteiger partial charge in [-0.1, -0.05) is 19.1 Å². The number of ether oxygens (including phenoxy) is 1. The van der Waals surface area contributed by atoms with Crippen molar-refractivity contribution in [2.75, 3.05) is 38.2 Å². The van der Waals surface area contributed by atoms with Crippen LogP contribution in [0.2, 0.25) is 0 Å². The Hall–Kier alpha value is -1.15. The lowest BCUT2D eigenvalue weighted by atomic mass is 10.3. The second-order valence-corrected chi connectivity index (χ2v) is 5.89. The second kappa shape index (κ2) is 8.91. The van der Waals surface area contributed by atoms with Gasteiger partial charge in [-0.05, 0) is 18.6 Å². The van der Waals surface area contributed by atoms with Gasteiger partial charge >= 0.3 is 0 Å². The predicted molar refractivity (Wildman–Crippen MR) is 78.3 cm³/mol. The summed E-state index contributed by atoms with van der Waals surface area (Å²) >= 11 is 0. The second-order valence-electron chi connectivity index (χ2n) is 4.16. The highest BCUT2D eigenvalue weighted by Gasteiger charge is 2.16. The molecule has 20 heavy (non-hydrogen) atoms. The fourth-order valence-electron chi connectivity index (χ4n) is 1.59. The van der Waals surface area contributed by atoms with Crippen molar-refractivity contribution in [2.24, 2.45) is 0 Å². The lowest BCUT2D eigenvalue weighted by Gasteiger charge is -2.13. The Morgan fingerprint density at radius 2 is 1.95 bits per heavy atom. The van der Waals surface area contributed by atoms with E-state index in [0.29, 0.717) is 25.4 Å². The Balaban J connectivity index is 2.68. The van der Waals surface area contributed by atoms with Crippen LogP contribution < -0.4 is 10.0 Å². The van der Waals surface area contributed by atoms with Crippen LogP contribution in [0.25, 0.3) is 0 Å². The van der Waals surface area contributed by atoms with E-state index < -0.39 is 10.0 Å². The summed E-state index contributed by atoms with van der Waals surface area (Å²) in [5.41, 5.74) is 0.545. The Labute approximate surface area is 120 Å². The van der Waals surface area contributed by atoms with Crippen molar-refractivity contribution in [1.82, 2.24) is 4.72 Å². The molecule has 0 aliphatic carbocycles. The largest absolute Gasteiger partial charge is 0.394 e. The summed E-state index contributed by atoms with van der Waals surface area (Å²) in [4.78, 5) is 0.232. The number of aliphatic hydroxyl groups is 1. The number of para-hydroxylation sites is 1. The highest BCUT2D eigenvalue weighted by atomic mass is 32.2. The van der Waals surface area contributed by atoms with Crippen molar-refractivity contribution >= 4 is 15.7 Å². The van der Waals surface area contributed by atoms with Crippen molar-refractivity contribution < 1.29 is 18.3 Å². The van der Waals surface area contributed by atoms with E-state index in [2.05, 4.69) is 10.0 Å². The molecule has 6 nitrogen and oxygen atoms in total. The highest BCUT2D eigenvalue weighted by molar-refractivity contribution is 7.89. The zero-order chi connectivity index (χ0) is 14.8. The summed E-state index contributed by atoms with van der Waals surface area (Å²) in [6.07, 6.45) is 0.740. The molecule has 0 heterocycles. The molecule has 0 radical (unpaired) electrons. The molecule has 1 aromatic carbocycles. The van der Waals surface area contributed by atoms with E-state index in [4.69, 9.17) is 9.84 Å². The van der Waals surface area contributed by atoms with E-state index in [1.165, 1.54) is 0 Å². The fourth-order valence-corrected chi connectivity index (χ4v) is 2.90. The molecule has 1 aromatic rings. The van der Waals surface area contributed by atoms with Gasteiger partial charge in [0.2, 0.25) is 10.0 Å². The summed E-state index contributed by atoms with van der Waals surface area (Å²) in [6, 6.07) is 6.74. The van der Waals surface area contributed by atoms with Crippen molar-refractivity contribution in [1.29, 1.82) is 0 Å². The molecule has 0 spiro atoms. The van der Waals surface area contributed by atoms with Crippen LogP contribution in [0.1, 0.15) is 13.3 Å². The molecule has 0 unspecified atom stereocenters. The lowest BCUT2D eigenvalue weighted by Crippen LogP contribution is -2.25. The third-order valence-corrected chi connectivity index (χ3v) is 4.04. The van der Waals surface area contributed by atoms with Crippen LogP contribution in [-0.2, 0) is 14.8 Å². The molecule has 0 amide bonds. The molecule has 0 aliphatic heterocycles. The normalized spacial score (nSPS) is 11.5. The van der Waals surface area contributed by atoms with E-state index in [9.17, 15) is 8.42 Å². The number of rotatable bonds is 10. The maximum absolute atomic E-state index is 12.1. The van der Waals surface area contributed by atoms with Crippen molar-refractivity contribution in [2.45, 2.75) is 18.2 Å². The van der Waals surface area contributed by atoms with E-state index >= 15 is 0 Å². The van der Waals surface area contributed by atoms with Gasteiger partial charge in [-0.25, -0.2) is 13.1 Å². The molecule has 114 valence electrons. The monoisotopic (exact) mass is 302 g/mol. The Morgan fingerprint density at radius 1 is 1.20 bits per heavy atom. The van der Waals surface area contributed by atoms with E-state index in [-0.39, 0.29) is 18.1 Å². The average molecular weight is 302 g/mol. The molecule has 1 rings (SSSR count). The minimum Gasteiger partial charge on any atom is -0.394 e. The number of hydrogen-bond acceptors (Lipinski definition) is 5. The Morgan fingerprint density at radius 3 is 2.65 bits per heavy atom. The van der Waals surface area contributed by atoms with Gasteiger partial charge in [0.25, 0.3) is 0 Å². The van der Waals surface area contributed by atoms with Gasteiger partial charge < -0.3 is 15.2 Å². The van der Waals surface area contributed by atoms with Gasteiger partial charge in [0.1, 0.15) is 4.90 Å². The lowest BCUT2D eigenvalue weighted by molar-refractivity contribution is 0.0992. The van der Waals surface area contributed by atoms with Crippen molar-refractivity contribution in [3.05, 3.63) is 24.3 Å². The minimum absolute atomic E-state index is 0.0219. The van der Waals surface area contributed by atoms with Gasteiger partial charge in [0.05, 0.1) is 25.5 Å². The molecule has 0 aliphatic rings. The summed E-state index contributed by atoms with van der Waals surface area (Å²) in [6.45, 7) is 3.45. The molecule has 7 heteroatoms. The summed E-state index contributed by atoms with van der Waals surface area (Å²) < 4.78 is 31.9.